The van der Waals surface area contributed by atoms with Crippen molar-refractivity contribution in [3.8, 4) is 0 Å². The molecule has 0 spiro atoms. The van der Waals surface area contributed by atoms with Gasteiger partial charge in [0.05, 0.1) is 0 Å². The van der Waals surface area contributed by atoms with Crippen molar-refractivity contribution in [3.05, 3.63) is 11.0 Å². The Bertz CT molecular complexity index is 147. The molecule has 1 aliphatic rings. The normalized spacial score (nSPS) is 26.9. The number of rotatable bonds is 1. The highest BCUT2D eigenvalue weighted by Crippen LogP contribution is 2.27. The first-order valence-electron chi connectivity index (χ1n) is 4.22. The molecule has 0 saturated heterocycles. The van der Waals surface area contributed by atoms with Gasteiger partial charge in [0.15, 0.2) is 0 Å². The van der Waals surface area contributed by atoms with Crippen molar-refractivity contribution in [2.24, 2.45) is 5.92 Å². The first-order chi connectivity index (χ1) is 4.74. The van der Waals surface area contributed by atoms with E-state index in [1.165, 1.54) is 19.3 Å². The Morgan fingerprint density at radius 1 is 1.50 bits per heavy atom. The van der Waals surface area contributed by atoms with Gasteiger partial charge in [0.1, 0.15) is 7.28 Å². The summed E-state index contributed by atoms with van der Waals surface area (Å²) in [6.45, 7) is 6.76. The van der Waals surface area contributed by atoms with E-state index in [9.17, 15) is 0 Å². The summed E-state index contributed by atoms with van der Waals surface area (Å²) in [6, 6.07) is 0. The largest absolute Gasteiger partial charge is 0.142 e. The summed E-state index contributed by atoms with van der Waals surface area (Å²) in [4.78, 5) is 0. The van der Waals surface area contributed by atoms with Crippen LogP contribution in [0.4, 0.5) is 0 Å². The molecule has 55 valence electrons. The van der Waals surface area contributed by atoms with Gasteiger partial charge in [0, 0.05) is 0 Å². The molecule has 0 nitrogen and oxygen atoms in total. The van der Waals surface area contributed by atoms with Crippen molar-refractivity contribution >= 4 is 7.28 Å². The second-order valence-corrected chi connectivity index (χ2v) is 3.44. The molecule has 1 unspecified atom stereocenters. The van der Waals surface area contributed by atoms with Crippen LogP contribution in [0.15, 0.2) is 11.0 Å². The Hall–Kier alpha value is -0.195. The second-order valence-electron chi connectivity index (χ2n) is 3.44. The smallest absolute Gasteiger partial charge is 0.110 e. The van der Waals surface area contributed by atoms with Crippen LogP contribution in [0.3, 0.4) is 0 Å². The highest BCUT2D eigenvalue weighted by atomic mass is 14.1. The average Bonchev–Trinajstić information content (AvgIpc) is 1.94. The monoisotopic (exact) mass is 135 g/mol. The summed E-state index contributed by atoms with van der Waals surface area (Å²) in [7, 11) is 2.27. The van der Waals surface area contributed by atoms with Crippen molar-refractivity contribution in [1.82, 2.24) is 0 Å². The van der Waals surface area contributed by atoms with Gasteiger partial charge in [-0.1, -0.05) is 19.3 Å². The van der Waals surface area contributed by atoms with Crippen molar-refractivity contribution in [2.45, 2.75) is 39.9 Å². The zero-order valence-corrected chi connectivity index (χ0v) is 7.28. The molecule has 0 amide bonds. The number of allylic oxidation sites excluding steroid dienone is 2. The second kappa shape index (κ2) is 3.27. The molecule has 1 aliphatic carbocycles. The van der Waals surface area contributed by atoms with Gasteiger partial charge in [-0.15, -0.1) is 5.47 Å². The zero-order valence-electron chi connectivity index (χ0n) is 7.28. The van der Waals surface area contributed by atoms with Gasteiger partial charge in [0.25, 0.3) is 0 Å². The maximum Gasteiger partial charge on any atom is 0.142 e. The van der Waals surface area contributed by atoms with Gasteiger partial charge in [-0.2, -0.15) is 0 Å². The number of hydrogen-bond donors (Lipinski definition) is 0. The molecular weight excluding hydrogens is 119 g/mol. The molecule has 1 radical (unpaired) electrons. The summed E-state index contributed by atoms with van der Waals surface area (Å²) in [5.74, 6) is 0.912. The van der Waals surface area contributed by atoms with E-state index >= 15 is 0 Å². The third kappa shape index (κ3) is 1.65. The van der Waals surface area contributed by atoms with Crippen molar-refractivity contribution in [2.75, 3.05) is 0 Å². The Morgan fingerprint density at radius 3 is 2.70 bits per heavy atom. The molecular formula is C9H16B. The Kier molecular flexibility index (Phi) is 2.59. The van der Waals surface area contributed by atoms with E-state index in [1.807, 2.05) is 0 Å². The summed E-state index contributed by atoms with van der Waals surface area (Å²) in [5.41, 5.74) is 3.21. The predicted octanol–water partition coefficient (Wildman–Crippen LogP) is 2.83. The number of hydrogen-bond acceptors (Lipinski definition) is 0. The van der Waals surface area contributed by atoms with Crippen LogP contribution < -0.4 is 0 Å². The fourth-order valence-electron chi connectivity index (χ4n) is 1.64. The lowest BCUT2D eigenvalue weighted by Crippen LogP contribution is -2.09. The third-order valence-corrected chi connectivity index (χ3v) is 2.48. The molecule has 1 rings (SSSR count). The van der Waals surface area contributed by atoms with E-state index in [0.717, 1.165) is 5.92 Å². The summed E-state index contributed by atoms with van der Waals surface area (Å²) in [5, 5.41) is 0. The standard InChI is InChI=1S/C9H16B/c1-7-4-5-8(2)9(6-7)10-3/h7H,4-6H2,1-3H3. The zero-order chi connectivity index (χ0) is 7.56. The molecule has 0 aromatic carbocycles. The molecule has 0 N–H and O–H groups in total. The molecule has 1 heteroatoms. The van der Waals surface area contributed by atoms with Crippen LogP contribution in [-0.2, 0) is 0 Å². The minimum Gasteiger partial charge on any atom is -0.110 e. The fourth-order valence-corrected chi connectivity index (χ4v) is 1.64. The average molecular weight is 135 g/mol. The lowest BCUT2D eigenvalue weighted by molar-refractivity contribution is 0.507. The van der Waals surface area contributed by atoms with Crippen LogP contribution in [0.1, 0.15) is 33.1 Å². The van der Waals surface area contributed by atoms with Crippen molar-refractivity contribution in [1.29, 1.82) is 0 Å². The molecule has 10 heavy (non-hydrogen) atoms. The fraction of sp³-hybridized carbons (Fsp3) is 0.778. The van der Waals surface area contributed by atoms with Gasteiger partial charge in [-0.05, 0) is 32.1 Å². The highest BCUT2D eigenvalue weighted by Gasteiger charge is 2.13. The summed E-state index contributed by atoms with van der Waals surface area (Å²) < 4.78 is 0. The molecule has 0 fully saturated rings. The van der Waals surface area contributed by atoms with Crippen LogP contribution in [-0.4, -0.2) is 7.28 Å². The van der Waals surface area contributed by atoms with Crippen molar-refractivity contribution in [3.63, 3.8) is 0 Å². The lowest BCUT2D eigenvalue weighted by atomic mass is 9.64. The predicted molar refractivity (Wildman–Crippen MR) is 47.3 cm³/mol. The molecule has 1 atom stereocenters. The SMILES string of the molecule is C[B]C1=C(C)CCC(C)C1. The van der Waals surface area contributed by atoms with E-state index in [4.69, 9.17) is 0 Å². The van der Waals surface area contributed by atoms with E-state index < -0.39 is 0 Å². The Morgan fingerprint density at radius 2 is 2.20 bits per heavy atom. The maximum absolute atomic E-state index is 2.34. The third-order valence-electron chi connectivity index (χ3n) is 2.48. The van der Waals surface area contributed by atoms with Gasteiger partial charge in [0.2, 0.25) is 0 Å². The molecule has 0 saturated carbocycles. The van der Waals surface area contributed by atoms with Gasteiger partial charge in [-0.3, -0.25) is 0 Å². The van der Waals surface area contributed by atoms with Crippen LogP contribution >= 0.6 is 0 Å². The first-order valence-corrected chi connectivity index (χ1v) is 4.22. The molecule has 0 bridgehead atoms. The summed E-state index contributed by atoms with van der Waals surface area (Å²) in [6.07, 6.45) is 4.02. The van der Waals surface area contributed by atoms with Gasteiger partial charge >= 0.3 is 0 Å². The molecule has 0 aliphatic heterocycles. The lowest BCUT2D eigenvalue weighted by Gasteiger charge is -2.22. The minimum atomic E-state index is 0.912. The maximum atomic E-state index is 2.34. The molecule has 0 aromatic rings. The van der Waals surface area contributed by atoms with Crippen LogP contribution in [0.25, 0.3) is 0 Å². The van der Waals surface area contributed by atoms with Gasteiger partial charge < -0.3 is 0 Å². The van der Waals surface area contributed by atoms with Crippen LogP contribution in [0, 0.1) is 5.92 Å². The summed E-state index contributed by atoms with van der Waals surface area (Å²) >= 11 is 0. The Balaban J connectivity index is 2.62. The first kappa shape index (κ1) is 7.91. The minimum absolute atomic E-state index is 0.912. The molecule has 0 aromatic heterocycles. The van der Waals surface area contributed by atoms with Gasteiger partial charge in [-0.25, -0.2) is 0 Å². The van der Waals surface area contributed by atoms with E-state index in [0.29, 0.717) is 0 Å². The Labute approximate surface area is 65.0 Å². The van der Waals surface area contributed by atoms with E-state index in [1.54, 1.807) is 11.0 Å². The van der Waals surface area contributed by atoms with E-state index in [-0.39, 0.29) is 0 Å². The van der Waals surface area contributed by atoms with E-state index in [2.05, 4.69) is 28.0 Å². The topological polar surface area (TPSA) is 0 Å². The molecule has 0 heterocycles. The van der Waals surface area contributed by atoms with Crippen LogP contribution in [0.5, 0.6) is 0 Å². The highest BCUT2D eigenvalue weighted by molar-refractivity contribution is 6.43. The van der Waals surface area contributed by atoms with Crippen molar-refractivity contribution < 1.29 is 0 Å². The van der Waals surface area contributed by atoms with Crippen LogP contribution in [0.2, 0.25) is 6.82 Å². The quantitative estimate of drug-likeness (QED) is 0.485.